The van der Waals surface area contributed by atoms with E-state index in [0.717, 1.165) is 19.5 Å². The molecule has 1 heterocycles. The zero-order valence-corrected chi connectivity index (χ0v) is 14.1. The highest BCUT2D eigenvalue weighted by molar-refractivity contribution is 7.09. The summed E-state index contributed by atoms with van der Waals surface area (Å²) in [5.41, 5.74) is 8.46. The summed E-state index contributed by atoms with van der Waals surface area (Å²) in [5, 5.41) is 5.27. The Balaban J connectivity index is 1.85. The lowest BCUT2D eigenvalue weighted by molar-refractivity contribution is 0.401. The standard InChI is InChI=1S/C17H24N4S/c1-21(2)13-15-7-4-3-6-14(15)12-20-17(18)19-10-9-16-8-5-11-22-16/h3-8,11H,9-10,12-13H2,1-2H3,(H3,18,19,20). The van der Waals surface area contributed by atoms with Gasteiger partial charge in [-0.3, -0.25) is 0 Å². The fourth-order valence-corrected chi connectivity index (χ4v) is 2.91. The molecule has 0 aliphatic carbocycles. The van der Waals surface area contributed by atoms with E-state index >= 15 is 0 Å². The quantitative estimate of drug-likeness (QED) is 0.609. The Morgan fingerprint density at radius 2 is 1.95 bits per heavy atom. The van der Waals surface area contributed by atoms with E-state index in [0.29, 0.717) is 12.5 Å². The average molecular weight is 316 g/mol. The predicted molar refractivity (Wildman–Crippen MR) is 95.2 cm³/mol. The van der Waals surface area contributed by atoms with E-state index < -0.39 is 0 Å². The highest BCUT2D eigenvalue weighted by atomic mass is 32.1. The van der Waals surface area contributed by atoms with Crippen molar-refractivity contribution in [3.05, 3.63) is 57.8 Å². The van der Waals surface area contributed by atoms with Gasteiger partial charge in [-0.15, -0.1) is 11.3 Å². The number of nitrogens with one attached hydrogen (secondary N) is 1. The van der Waals surface area contributed by atoms with Crippen LogP contribution >= 0.6 is 11.3 Å². The number of rotatable bonds is 7. The number of nitrogens with zero attached hydrogens (tertiary/aromatic N) is 2. The molecule has 3 N–H and O–H groups in total. The number of thiophene rings is 1. The van der Waals surface area contributed by atoms with Gasteiger partial charge in [-0.1, -0.05) is 30.3 Å². The molecule has 118 valence electrons. The van der Waals surface area contributed by atoms with Crippen molar-refractivity contribution in [2.45, 2.75) is 19.5 Å². The summed E-state index contributed by atoms with van der Waals surface area (Å²) < 4.78 is 0. The molecule has 0 aliphatic heterocycles. The zero-order chi connectivity index (χ0) is 15.8. The molecule has 2 aromatic rings. The van der Waals surface area contributed by atoms with Gasteiger partial charge >= 0.3 is 0 Å². The van der Waals surface area contributed by atoms with Crippen molar-refractivity contribution >= 4 is 17.3 Å². The smallest absolute Gasteiger partial charge is 0.188 e. The minimum atomic E-state index is 0.510. The molecule has 0 fully saturated rings. The van der Waals surface area contributed by atoms with Gasteiger partial charge in [0.15, 0.2) is 5.96 Å². The number of guanidine groups is 1. The highest BCUT2D eigenvalue weighted by Crippen LogP contribution is 2.11. The fraction of sp³-hybridized carbons (Fsp3) is 0.353. The summed E-state index contributed by atoms with van der Waals surface area (Å²) in [5.74, 6) is 0.510. The van der Waals surface area contributed by atoms with Gasteiger partial charge in [-0.25, -0.2) is 4.99 Å². The van der Waals surface area contributed by atoms with Gasteiger partial charge in [0, 0.05) is 18.0 Å². The van der Waals surface area contributed by atoms with E-state index in [1.807, 2.05) is 6.07 Å². The third kappa shape index (κ3) is 5.50. The minimum absolute atomic E-state index is 0.510. The van der Waals surface area contributed by atoms with Crippen molar-refractivity contribution in [1.82, 2.24) is 10.2 Å². The van der Waals surface area contributed by atoms with Gasteiger partial charge in [0.05, 0.1) is 6.54 Å². The maximum Gasteiger partial charge on any atom is 0.188 e. The van der Waals surface area contributed by atoms with Crippen LogP contribution in [0.3, 0.4) is 0 Å². The summed E-state index contributed by atoms with van der Waals surface area (Å²) >= 11 is 1.77. The molecular weight excluding hydrogens is 292 g/mol. The van der Waals surface area contributed by atoms with Crippen LogP contribution in [0.1, 0.15) is 16.0 Å². The van der Waals surface area contributed by atoms with Crippen LogP contribution in [0.2, 0.25) is 0 Å². The van der Waals surface area contributed by atoms with Crippen LogP contribution in [0.25, 0.3) is 0 Å². The predicted octanol–water partition coefficient (Wildman–Crippen LogP) is 2.46. The Morgan fingerprint density at radius 3 is 2.64 bits per heavy atom. The summed E-state index contributed by atoms with van der Waals surface area (Å²) in [6.07, 6.45) is 0.977. The van der Waals surface area contributed by atoms with Gasteiger partial charge < -0.3 is 16.0 Å². The molecule has 1 aromatic carbocycles. The second-order valence-electron chi connectivity index (χ2n) is 5.46. The maximum atomic E-state index is 5.94. The Hall–Kier alpha value is -1.85. The molecule has 4 nitrogen and oxygen atoms in total. The van der Waals surface area contributed by atoms with Crippen molar-refractivity contribution in [3.8, 4) is 0 Å². The molecule has 1 aromatic heterocycles. The second kappa shape index (κ2) is 8.56. The summed E-state index contributed by atoms with van der Waals surface area (Å²) in [6, 6.07) is 12.6. The third-order valence-corrected chi connectivity index (χ3v) is 4.22. The summed E-state index contributed by atoms with van der Waals surface area (Å²) in [4.78, 5) is 7.97. The maximum absolute atomic E-state index is 5.94. The Bertz CT molecular complexity index is 590. The third-order valence-electron chi connectivity index (χ3n) is 3.28. The molecular formula is C17H24N4S. The normalized spacial score (nSPS) is 11.9. The van der Waals surface area contributed by atoms with Crippen LogP contribution in [0.5, 0.6) is 0 Å². The number of benzene rings is 1. The van der Waals surface area contributed by atoms with Gasteiger partial charge in [-0.05, 0) is 43.1 Å². The lowest BCUT2D eigenvalue weighted by atomic mass is 10.1. The van der Waals surface area contributed by atoms with E-state index in [9.17, 15) is 0 Å². The number of nitrogens with two attached hydrogens (primary N) is 1. The zero-order valence-electron chi connectivity index (χ0n) is 13.2. The van der Waals surface area contributed by atoms with Crippen LogP contribution in [-0.2, 0) is 19.5 Å². The molecule has 22 heavy (non-hydrogen) atoms. The molecule has 0 aliphatic rings. The lowest BCUT2D eigenvalue weighted by Crippen LogP contribution is -2.33. The first-order valence-electron chi connectivity index (χ1n) is 7.43. The highest BCUT2D eigenvalue weighted by Gasteiger charge is 2.02. The first kappa shape index (κ1) is 16.5. The Morgan fingerprint density at radius 1 is 1.18 bits per heavy atom. The Kier molecular flexibility index (Phi) is 6.43. The molecule has 0 radical (unpaired) electrons. The van der Waals surface area contributed by atoms with E-state index in [1.54, 1.807) is 11.3 Å². The first-order valence-corrected chi connectivity index (χ1v) is 8.31. The van der Waals surface area contributed by atoms with Crippen molar-refractivity contribution in [2.24, 2.45) is 10.7 Å². The molecule has 0 saturated carbocycles. The molecule has 0 atom stereocenters. The van der Waals surface area contributed by atoms with Gasteiger partial charge in [0.2, 0.25) is 0 Å². The molecule has 5 heteroatoms. The van der Waals surface area contributed by atoms with Crippen LogP contribution in [-0.4, -0.2) is 31.5 Å². The van der Waals surface area contributed by atoms with Crippen LogP contribution < -0.4 is 11.1 Å². The molecule has 0 unspecified atom stereocenters. The van der Waals surface area contributed by atoms with E-state index in [4.69, 9.17) is 5.73 Å². The van der Waals surface area contributed by atoms with Crippen LogP contribution in [0, 0.1) is 0 Å². The van der Waals surface area contributed by atoms with E-state index in [-0.39, 0.29) is 0 Å². The topological polar surface area (TPSA) is 53.6 Å². The average Bonchev–Trinajstić information content (AvgIpc) is 2.99. The number of hydrogen-bond acceptors (Lipinski definition) is 3. The number of hydrogen-bond donors (Lipinski definition) is 2. The van der Waals surface area contributed by atoms with Crippen LogP contribution in [0.15, 0.2) is 46.8 Å². The van der Waals surface area contributed by atoms with Crippen LogP contribution in [0.4, 0.5) is 0 Å². The SMILES string of the molecule is CN(C)Cc1ccccc1CN=C(N)NCCc1cccs1. The van der Waals surface area contributed by atoms with E-state index in [2.05, 4.69) is 65.0 Å². The van der Waals surface area contributed by atoms with Crippen molar-refractivity contribution in [1.29, 1.82) is 0 Å². The molecule has 0 saturated heterocycles. The second-order valence-corrected chi connectivity index (χ2v) is 6.50. The molecule has 0 spiro atoms. The monoisotopic (exact) mass is 316 g/mol. The van der Waals surface area contributed by atoms with E-state index in [1.165, 1.54) is 16.0 Å². The van der Waals surface area contributed by atoms with Gasteiger partial charge in [0.25, 0.3) is 0 Å². The molecule has 0 amide bonds. The van der Waals surface area contributed by atoms with Gasteiger partial charge in [0.1, 0.15) is 0 Å². The van der Waals surface area contributed by atoms with Crippen molar-refractivity contribution < 1.29 is 0 Å². The largest absolute Gasteiger partial charge is 0.370 e. The number of aliphatic imine (C=N–C) groups is 1. The lowest BCUT2D eigenvalue weighted by Gasteiger charge is -2.13. The van der Waals surface area contributed by atoms with Crippen molar-refractivity contribution in [3.63, 3.8) is 0 Å². The minimum Gasteiger partial charge on any atom is -0.370 e. The first-order chi connectivity index (χ1) is 10.6. The molecule has 0 bridgehead atoms. The van der Waals surface area contributed by atoms with Crippen molar-refractivity contribution in [2.75, 3.05) is 20.6 Å². The van der Waals surface area contributed by atoms with Gasteiger partial charge in [-0.2, -0.15) is 0 Å². The summed E-state index contributed by atoms with van der Waals surface area (Å²) in [7, 11) is 4.14. The Labute approximate surface area is 136 Å². The molecule has 2 rings (SSSR count). The fourth-order valence-electron chi connectivity index (χ4n) is 2.20. The summed E-state index contributed by atoms with van der Waals surface area (Å²) in [6.45, 7) is 2.34.